The van der Waals surface area contributed by atoms with Crippen LogP contribution in [-0.2, 0) is 16.6 Å². The summed E-state index contributed by atoms with van der Waals surface area (Å²) in [6.07, 6.45) is 2.43. The van der Waals surface area contributed by atoms with Crippen molar-refractivity contribution in [2.45, 2.75) is 30.2 Å². The van der Waals surface area contributed by atoms with Gasteiger partial charge in [-0.25, -0.2) is 8.42 Å². The van der Waals surface area contributed by atoms with E-state index in [0.717, 1.165) is 31.1 Å². The predicted molar refractivity (Wildman–Crippen MR) is 95.9 cm³/mol. The van der Waals surface area contributed by atoms with E-state index in [2.05, 4.69) is 16.1 Å². The van der Waals surface area contributed by atoms with E-state index in [0.29, 0.717) is 35.7 Å². The second-order valence-corrected chi connectivity index (χ2v) is 9.78. The van der Waals surface area contributed by atoms with Crippen LogP contribution in [0.25, 0.3) is 0 Å². The zero-order valence-electron chi connectivity index (χ0n) is 14.6. The number of nitrogens with zero attached hydrogens (tertiary/aromatic N) is 3. The Kier molecular flexibility index (Phi) is 3.92. The lowest BCUT2D eigenvalue weighted by molar-refractivity contribution is 0.278. The van der Waals surface area contributed by atoms with Crippen molar-refractivity contribution < 1.29 is 12.9 Å². The molecule has 6 nitrogen and oxygen atoms in total. The van der Waals surface area contributed by atoms with Crippen molar-refractivity contribution in [3.05, 3.63) is 47.9 Å². The van der Waals surface area contributed by atoms with Crippen LogP contribution in [0.3, 0.4) is 0 Å². The predicted octanol–water partition coefficient (Wildman–Crippen LogP) is 2.30. The molecule has 0 amide bonds. The van der Waals surface area contributed by atoms with E-state index in [1.807, 2.05) is 6.07 Å². The second kappa shape index (κ2) is 6.18. The number of hydrogen-bond acceptors (Lipinski definition) is 5. The van der Waals surface area contributed by atoms with Crippen LogP contribution in [0.15, 0.2) is 45.8 Å². The molecular weight excluding hydrogens is 350 g/mol. The molecule has 2 aliphatic heterocycles. The van der Waals surface area contributed by atoms with E-state index in [-0.39, 0.29) is 0 Å². The lowest BCUT2D eigenvalue weighted by atomic mass is 10.0. The zero-order valence-corrected chi connectivity index (χ0v) is 15.4. The molecule has 1 aromatic heterocycles. The highest BCUT2D eigenvalue weighted by Gasteiger charge is 2.44. The topological polar surface area (TPSA) is 66.7 Å². The molecule has 1 saturated carbocycles. The fraction of sp³-hybridized carbons (Fsp3) is 0.526. The van der Waals surface area contributed by atoms with Crippen LogP contribution >= 0.6 is 0 Å². The van der Waals surface area contributed by atoms with Crippen LogP contribution < -0.4 is 0 Å². The minimum absolute atomic E-state index is 0.395. The summed E-state index contributed by atoms with van der Waals surface area (Å²) in [5, 5.41) is 4.21. The van der Waals surface area contributed by atoms with Crippen LogP contribution in [0.4, 0.5) is 0 Å². The molecule has 2 saturated heterocycles. The molecule has 3 fully saturated rings. The number of aromatic nitrogens is 1. The molecule has 2 aromatic rings. The zero-order chi connectivity index (χ0) is 17.7. The Morgan fingerprint density at radius 3 is 2.38 bits per heavy atom. The fourth-order valence-electron chi connectivity index (χ4n) is 4.31. The van der Waals surface area contributed by atoms with Crippen LogP contribution in [-0.4, -0.2) is 49.0 Å². The van der Waals surface area contributed by atoms with E-state index in [1.54, 1.807) is 28.6 Å². The molecule has 2 atom stereocenters. The molecule has 0 bridgehead atoms. The summed E-state index contributed by atoms with van der Waals surface area (Å²) >= 11 is 0. The summed E-state index contributed by atoms with van der Waals surface area (Å²) in [7, 11) is -3.37. The van der Waals surface area contributed by atoms with E-state index in [4.69, 9.17) is 4.52 Å². The molecule has 3 aliphatic rings. The van der Waals surface area contributed by atoms with Crippen molar-refractivity contribution in [2.75, 3.05) is 26.2 Å². The van der Waals surface area contributed by atoms with Crippen LogP contribution in [0, 0.1) is 11.8 Å². The molecule has 0 N–H and O–H groups in total. The van der Waals surface area contributed by atoms with Crippen LogP contribution in [0.5, 0.6) is 0 Å². The van der Waals surface area contributed by atoms with Gasteiger partial charge in [0.05, 0.1) is 10.6 Å². The van der Waals surface area contributed by atoms with E-state index >= 15 is 0 Å². The highest BCUT2D eigenvalue weighted by Crippen LogP contribution is 2.40. The number of fused-ring (bicyclic) bond motifs is 1. The van der Waals surface area contributed by atoms with Gasteiger partial charge in [-0.2, -0.15) is 4.31 Å². The normalized spacial score (nSPS) is 27.1. The average Bonchev–Trinajstić information content (AvgIpc) is 3.07. The number of benzene rings is 1. The standard InChI is InChI=1S/C19H23N3O3S/c23-26(24,18-4-2-1-3-5-18)22-11-15-9-21(10-16(15)12-22)13-17-8-19(25-20-17)14-6-7-14/h1-5,8,14-16H,6-7,9-13H2. The molecule has 3 heterocycles. The summed E-state index contributed by atoms with van der Waals surface area (Å²) in [6.45, 7) is 3.89. The molecule has 26 heavy (non-hydrogen) atoms. The minimum Gasteiger partial charge on any atom is -0.361 e. The Balaban J connectivity index is 1.22. The van der Waals surface area contributed by atoms with Gasteiger partial charge in [0.25, 0.3) is 0 Å². The smallest absolute Gasteiger partial charge is 0.243 e. The molecular formula is C19H23N3O3S. The Labute approximate surface area is 153 Å². The third kappa shape index (κ3) is 2.98. The Bertz CT molecular complexity index is 878. The van der Waals surface area contributed by atoms with Crippen molar-refractivity contribution in [1.82, 2.24) is 14.4 Å². The Morgan fingerprint density at radius 1 is 1.04 bits per heavy atom. The molecule has 7 heteroatoms. The maximum atomic E-state index is 12.8. The third-order valence-electron chi connectivity index (χ3n) is 5.85. The quantitative estimate of drug-likeness (QED) is 0.805. The SMILES string of the molecule is O=S(=O)(c1ccccc1)N1CC2CN(Cc3cc(C4CC4)on3)CC2C1. The first-order valence-corrected chi connectivity index (χ1v) is 10.8. The van der Waals surface area contributed by atoms with Gasteiger partial charge in [0, 0.05) is 44.7 Å². The Morgan fingerprint density at radius 2 is 1.73 bits per heavy atom. The van der Waals surface area contributed by atoms with Crippen LogP contribution in [0.1, 0.15) is 30.2 Å². The van der Waals surface area contributed by atoms with Gasteiger partial charge < -0.3 is 4.52 Å². The number of rotatable bonds is 5. The van der Waals surface area contributed by atoms with Gasteiger partial charge in [-0.1, -0.05) is 23.4 Å². The first-order valence-electron chi connectivity index (χ1n) is 9.32. The van der Waals surface area contributed by atoms with Crippen molar-refractivity contribution in [3.8, 4) is 0 Å². The van der Waals surface area contributed by atoms with Crippen LogP contribution in [0.2, 0.25) is 0 Å². The number of likely N-dealkylation sites (tertiary alicyclic amines) is 1. The van der Waals surface area contributed by atoms with E-state index < -0.39 is 10.0 Å². The Hall–Kier alpha value is -1.70. The van der Waals surface area contributed by atoms with Gasteiger partial charge in [0.2, 0.25) is 10.0 Å². The van der Waals surface area contributed by atoms with Crippen molar-refractivity contribution in [2.24, 2.45) is 11.8 Å². The second-order valence-electron chi connectivity index (χ2n) is 7.84. The van der Waals surface area contributed by atoms with Gasteiger partial charge in [0.1, 0.15) is 5.76 Å². The summed E-state index contributed by atoms with van der Waals surface area (Å²) in [6, 6.07) is 10.8. The monoisotopic (exact) mass is 373 g/mol. The summed E-state index contributed by atoms with van der Waals surface area (Å²) in [5.74, 6) is 2.43. The molecule has 138 valence electrons. The molecule has 1 aliphatic carbocycles. The molecule has 1 aromatic carbocycles. The highest BCUT2D eigenvalue weighted by atomic mass is 32.2. The summed E-state index contributed by atoms with van der Waals surface area (Å²) in [4.78, 5) is 2.78. The maximum absolute atomic E-state index is 12.8. The lowest BCUT2D eigenvalue weighted by Crippen LogP contribution is -2.33. The third-order valence-corrected chi connectivity index (χ3v) is 7.70. The average molecular weight is 373 g/mol. The van der Waals surface area contributed by atoms with Gasteiger partial charge in [-0.3, -0.25) is 4.90 Å². The molecule has 5 rings (SSSR count). The number of hydrogen-bond donors (Lipinski definition) is 0. The van der Waals surface area contributed by atoms with Gasteiger partial charge in [-0.05, 0) is 36.8 Å². The van der Waals surface area contributed by atoms with Gasteiger partial charge in [-0.15, -0.1) is 0 Å². The first kappa shape index (κ1) is 16.5. The fourth-order valence-corrected chi connectivity index (χ4v) is 5.88. The van der Waals surface area contributed by atoms with Crippen molar-refractivity contribution in [1.29, 1.82) is 0 Å². The minimum atomic E-state index is -3.37. The van der Waals surface area contributed by atoms with E-state index in [1.165, 1.54) is 12.8 Å². The van der Waals surface area contributed by atoms with Gasteiger partial charge in [0.15, 0.2) is 0 Å². The molecule has 0 spiro atoms. The highest BCUT2D eigenvalue weighted by molar-refractivity contribution is 7.89. The van der Waals surface area contributed by atoms with Crippen molar-refractivity contribution >= 4 is 10.0 Å². The van der Waals surface area contributed by atoms with Gasteiger partial charge >= 0.3 is 0 Å². The molecule has 0 radical (unpaired) electrons. The van der Waals surface area contributed by atoms with Crippen molar-refractivity contribution in [3.63, 3.8) is 0 Å². The summed E-state index contributed by atoms with van der Waals surface area (Å²) in [5.41, 5.74) is 1.00. The molecule has 2 unspecified atom stereocenters. The maximum Gasteiger partial charge on any atom is 0.243 e. The van der Waals surface area contributed by atoms with E-state index in [9.17, 15) is 8.42 Å². The largest absolute Gasteiger partial charge is 0.361 e. The lowest BCUT2D eigenvalue weighted by Gasteiger charge is -2.20. The first-order chi connectivity index (χ1) is 12.6. The summed E-state index contributed by atoms with van der Waals surface area (Å²) < 4.78 is 32.7. The number of sulfonamides is 1.